The number of carbonyl (C=O) groups excluding carboxylic acids is 2. The highest BCUT2D eigenvalue weighted by molar-refractivity contribution is 7.22. The first-order valence-corrected chi connectivity index (χ1v) is 13.5. The van der Waals surface area contributed by atoms with Gasteiger partial charge in [-0.2, -0.15) is 0 Å². The van der Waals surface area contributed by atoms with E-state index in [1.54, 1.807) is 55.6 Å². The number of ketones is 1. The third-order valence-corrected chi connectivity index (χ3v) is 7.34. The Labute approximate surface area is 230 Å². The Morgan fingerprint density at radius 3 is 2.46 bits per heavy atom. The fourth-order valence-electron chi connectivity index (χ4n) is 4.49. The SMILES string of the molecule is CCCOc1ccc(/C(O)=C2\C(=O)C(=O)N(c3nc4ccc(OCC)cc4s3)C2c2cccc(OC)c2)cc1. The van der Waals surface area contributed by atoms with Gasteiger partial charge in [-0.25, -0.2) is 4.98 Å². The maximum atomic E-state index is 13.5. The molecule has 1 aliphatic heterocycles. The molecule has 3 aromatic carbocycles. The second kappa shape index (κ2) is 11.2. The molecule has 9 heteroatoms. The van der Waals surface area contributed by atoms with Crippen LogP contribution in [0.5, 0.6) is 17.2 Å². The predicted molar refractivity (Wildman–Crippen MR) is 151 cm³/mol. The Balaban J connectivity index is 1.64. The van der Waals surface area contributed by atoms with Crippen LogP contribution in [0.4, 0.5) is 5.13 Å². The molecule has 0 radical (unpaired) electrons. The smallest absolute Gasteiger partial charge is 0.301 e. The van der Waals surface area contributed by atoms with E-state index in [0.717, 1.165) is 11.1 Å². The summed E-state index contributed by atoms with van der Waals surface area (Å²) < 4.78 is 17.5. The first-order valence-electron chi connectivity index (χ1n) is 12.7. The topological polar surface area (TPSA) is 98.2 Å². The van der Waals surface area contributed by atoms with Crippen molar-refractivity contribution in [3.05, 3.63) is 83.4 Å². The molecule has 1 aliphatic rings. The van der Waals surface area contributed by atoms with Crippen LogP contribution in [0.15, 0.2) is 72.3 Å². The zero-order valence-electron chi connectivity index (χ0n) is 21.8. The van der Waals surface area contributed by atoms with Crippen LogP contribution in [-0.2, 0) is 9.59 Å². The van der Waals surface area contributed by atoms with E-state index in [2.05, 4.69) is 4.98 Å². The number of aliphatic hydroxyl groups is 1. The zero-order chi connectivity index (χ0) is 27.5. The molecule has 1 saturated heterocycles. The highest BCUT2D eigenvalue weighted by atomic mass is 32.1. The summed E-state index contributed by atoms with van der Waals surface area (Å²) in [6.07, 6.45) is 0.866. The van der Waals surface area contributed by atoms with Crippen LogP contribution in [-0.4, -0.2) is 42.1 Å². The standard InChI is InChI=1S/C30H28N2O6S/c1-4-15-38-20-11-9-18(10-12-20)27(33)25-26(19-7-6-8-21(16-19)36-3)32(29(35)28(25)34)30-31-23-14-13-22(37-5-2)17-24(23)39-30/h6-14,16-17,26,33H,4-5,15H2,1-3H3/b27-25+. The predicted octanol–water partition coefficient (Wildman–Crippen LogP) is 6.12. The number of benzene rings is 3. The Morgan fingerprint density at radius 1 is 0.974 bits per heavy atom. The Kier molecular flexibility index (Phi) is 7.51. The zero-order valence-corrected chi connectivity index (χ0v) is 22.7. The van der Waals surface area contributed by atoms with Crippen LogP contribution in [0, 0.1) is 0 Å². The number of ether oxygens (including phenoxy) is 3. The molecule has 1 N–H and O–H groups in total. The number of aliphatic hydroxyl groups excluding tert-OH is 1. The van der Waals surface area contributed by atoms with Gasteiger partial charge in [-0.15, -0.1) is 0 Å². The van der Waals surface area contributed by atoms with Crippen molar-refractivity contribution in [3.8, 4) is 17.2 Å². The summed E-state index contributed by atoms with van der Waals surface area (Å²) >= 11 is 1.28. The van der Waals surface area contributed by atoms with Crippen molar-refractivity contribution in [1.29, 1.82) is 0 Å². The highest BCUT2D eigenvalue weighted by Gasteiger charge is 2.48. The first-order chi connectivity index (χ1) is 18.9. The number of methoxy groups -OCH3 is 1. The van der Waals surface area contributed by atoms with Crippen LogP contribution in [0.1, 0.15) is 37.4 Å². The fourth-order valence-corrected chi connectivity index (χ4v) is 5.51. The van der Waals surface area contributed by atoms with Crippen molar-refractivity contribution in [3.63, 3.8) is 0 Å². The summed E-state index contributed by atoms with van der Waals surface area (Å²) in [5, 5.41) is 11.8. The lowest BCUT2D eigenvalue weighted by molar-refractivity contribution is -0.132. The number of carbonyl (C=O) groups is 2. The molecule has 4 aromatic rings. The van der Waals surface area contributed by atoms with Crippen LogP contribution < -0.4 is 19.1 Å². The van der Waals surface area contributed by atoms with Crippen LogP contribution in [0.2, 0.25) is 0 Å². The number of nitrogens with zero attached hydrogens (tertiary/aromatic N) is 2. The molecule has 1 amide bonds. The monoisotopic (exact) mass is 544 g/mol. The van der Waals surface area contributed by atoms with Gasteiger partial charge >= 0.3 is 5.91 Å². The normalized spacial score (nSPS) is 16.6. The van der Waals surface area contributed by atoms with Gasteiger partial charge in [-0.1, -0.05) is 30.4 Å². The summed E-state index contributed by atoms with van der Waals surface area (Å²) in [7, 11) is 1.54. The van der Waals surface area contributed by atoms with E-state index < -0.39 is 17.7 Å². The minimum absolute atomic E-state index is 0.0234. The Hall–Kier alpha value is -4.37. The quantitative estimate of drug-likeness (QED) is 0.154. The number of hydrogen-bond donors (Lipinski definition) is 1. The molecular weight excluding hydrogens is 516 g/mol. The molecule has 1 unspecified atom stereocenters. The number of thiazole rings is 1. The van der Waals surface area contributed by atoms with Gasteiger partial charge in [-0.3, -0.25) is 14.5 Å². The molecule has 0 spiro atoms. The molecule has 0 bridgehead atoms. The second-order valence-corrected chi connectivity index (χ2v) is 9.89. The molecule has 1 atom stereocenters. The number of anilines is 1. The minimum atomic E-state index is -0.914. The summed E-state index contributed by atoms with van der Waals surface area (Å²) in [5.74, 6) is 0.0703. The van der Waals surface area contributed by atoms with E-state index >= 15 is 0 Å². The molecule has 1 fully saturated rings. The summed E-state index contributed by atoms with van der Waals surface area (Å²) in [5.41, 5.74) is 1.65. The fraction of sp³-hybridized carbons (Fsp3) is 0.233. The number of rotatable bonds is 9. The summed E-state index contributed by atoms with van der Waals surface area (Å²) in [4.78, 5) is 33.1. The van der Waals surface area contributed by atoms with Crippen molar-refractivity contribution in [2.45, 2.75) is 26.3 Å². The van der Waals surface area contributed by atoms with Crippen LogP contribution >= 0.6 is 11.3 Å². The van der Waals surface area contributed by atoms with Crippen molar-refractivity contribution in [1.82, 2.24) is 4.98 Å². The van der Waals surface area contributed by atoms with Gasteiger partial charge < -0.3 is 19.3 Å². The first kappa shape index (κ1) is 26.2. The van der Waals surface area contributed by atoms with Gasteiger partial charge in [0.1, 0.15) is 23.0 Å². The Morgan fingerprint density at radius 2 is 1.74 bits per heavy atom. The van der Waals surface area contributed by atoms with E-state index in [1.165, 1.54) is 16.2 Å². The molecule has 2 heterocycles. The number of fused-ring (bicyclic) bond motifs is 1. The molecule has 1 aromatic heterocycles. The lowest BCUT2D eigenvalue weighted by Crippen LogP contribution is -2.29. The lowest BCUT2D eigenvalue weighted by Gasteiger charge is -2.23. The number of hydrogen-bond acceptors (Lipinski definition) is 8. The number of Topliss-reactive ketones (excluding diaryl/α,β-unsaturated/α-hetero) is 1. The van der Waals surface area contributed by atoms with Gasteiger partial charge in [-0.05, 0) is 73.5 Å². The van der Waals surface area contributed by atoms with Gasteiger partial charge in [0.15, 0.2) is 5.13 Å². The molecule has 200 valence electrons. The third-order valence-electron chi connectivity index (χ3n) is 6.32. The van der Waals surface area contributed by atoms with E-state index in [-0.39, 0.29) is 11.3 Å². The van der Waals surface area contributed by atoms with Crippen molar-refractivity contribution >= 4 is 44.1 Å². The van der Waals surface area contributed by atoms with E-state index in [0.29, 0.717) is 52.2 Å². The average Bonchev–Trinajstić information content (AvgIpc) is 3.49. The van der Waals surface area contributed by atoms with Crippen LogP contribution in [0.3, 0.4) is 0 Å². The van der Waals surface area contributed by atoms with Gasteiger partial charge in [0.2, 0.25) is 0 Å². The number of aromatic nitrogens is 1. The average molecular weight is 545 g/mol. The molecule has 0 saturated carbocycles. The highest BCUT2D eigenvalue weighted by Crippen LogP contribution is 2.45. The van der Waals surface area contributed by atoms with Gasteiger partial charge in [0.05, 0.1) is 42.2 Å². The molecule has 0 aliphatic carbocycles. The van der Waals surface area contributed by atoms with Gasteiger partial charge in [0, 0.05) is 5.56 Å². The molecular formula is C30H28N2O6S. The minimum Gasteiger partial charge on any atom is -0.507 e. The molecule has 8 nitrogen and oxygen atoms in total. The molecule has 39 heavy (non-hydrogen) atoms. The van der Waals surface area contributed by atoms with Crippen molar-refractivity contribution in [2.75, 3.05) is 25.2 Å². The van der Waals surface area contributed by atoms with E-state index in [1.807, 2.05) is 32.0 Å². The van der Waals surface area contributed by atoms with Crippen molar-refractivity contribution in [2.24, 2.45) is 0 Å². The Bertz CT molecular complexity index is 1560. The maximum absolute atomic E-state index is 13.5. The third kappa shape index (κ3) is 5.05. The van der Waals surface area contributed by atoms with Crippen molar-refractivity contribution < 1.29 is 28.9 Å². The summed E-state index contributed by atoms with van der Waals surface area (Å²) in [6, 6.07) is 18.5. The van der Waals surface area contributed by atoms with E-state index in [4.69, 9.17) is 14.2 Å². The molecule has 5 rings (SSSR count). The van der Waals surface area contributed by atoms with Gasteiger partial charge in [0.25, 0.3) is 5.78 Å². The number of amides is 1. The second-order valence-electron chi connectivity index (χ2n) is 8.88. The van der Waals surface area contributed by atoms with E-state index in [9.17, 15) is 14.7 Å². The maximum Gasteiger partial charge on any atom is 0.301 e. The summed E-state index contributed by atoms with van der Waals surface area (Å²) in [6.45, 7) is 5.01. The van der Waals surface area contributed by atoms with Crippen LogP contribution in [0.25, 0.3) is 16.0 Å². The largest absolute Gasteiger partial charge is 0.507 e. The lowest BCUT2D eigenvalue weighted by atomic mass is 9.95.